The highest BCUT2D eigenvalue weighted by Gasteiger charge is 2.79. The number of nitrogens with zero attached hydrogens (tertiary/aromatic N) is 1. The zero-order chi connectivity index (χ0) is 23.5. The molecule has 4 nitrogen and oxygen atoms in total. The monoisotopic (exact) mass is 457 g/mol. The smallest absolute Gasteiger partial charge is 0.126 e. The van der Waals surface area contributed by atoms with Crippen LogP contribution in [0.4, 0.5) is 0 Å². The Bertz CT molecular complexity index is 1210. The first kappa shape index (κ1) is 21.2. The minimum atomic E-state index is -0.968. The minimum Gasteiger partial charge on any atom is -0.488 e. The third-order valence-corrected chi connectivity index (χ3v) is 10.6. The van der Waals surface area contributed by atoms with Gasteiger partial charge in [-0.3, -0.25) is 0 Å². The third-order valence-electron chi connectivity index (χ3n) is 10.6. The van der Waals surface area contributed by atoms with Gasteiger partial charge in [-0.25, -0.2) is 0 Å². The maximum atomic E-state index is 12.1. The molecule has 4 aliphatic carbocycles. The van der Waals surface area contributed by atoms with E-state index in [1.165, 1.54) is 16.7 Å². The summed E-state index contributed by atoms with van der Waals surface area (Å²) in [6.45, 7) is 5.17. The van der Waals surface area contributed by atoms with Crippen molar-refractivity contribution in [1.29, 1.82) is 0 Å². The van der Waals surface area contributed by atoms with Gasteiger partial charge >= 0.3 is 0 Å². The standard InChI is InChI=1S/C30H35NO3/c1-19-9-10-21-15-23-29-12-11-28(18-32,22(17-29)27(2,33)16-20-7-5-4-6-8-20)26-30(29,13-14-31(23)3)24(21)25(19)34-26/h4-12,22-23,26,32-33H,13-18H2,1-3H3/t22-,23-,26+,27-,28-,29-,30+/m1/s1. The van der Waals surface area contributed by atoms with Crippen molar-refractivity contribution in [3.63, 3.8) is 0 Å². The lowest BCUT2D eigenvalue weighted by atomic mass is 9.34. The summed E-state index contributed by atoms with van der Waals surface area (Å²) in [7, 11) is 2.27. The van der Waals surface area contributed by atoms with Gasteiger partial charge in [0.2, 0.25) is 0 Å². The Labute approximate surface area is 202 Å². The molecule has 2 fully saturated rings. The number of hydrogen-bond acceptors (Lipinski definition) is 4. The summed E-state index contributed by atoms with van der Waals surface area (Å²) < 4.78 is 7.00. The van der Waals surface area contributed by atoms with Crippen LogP contribution in [0.3, 0.4) is 0 Å². The van der Waals surface area contributed by atoms with Gasteiger partial charge in [0.05, 0.1) is 17.6 Å². The molecule has 8 rings (SSSR count). The van der Waals surface area contributed by atoms with Gasteiger partial charge in [0.25, 0.3) is 0 Å². The van der Waals surface area contributed by atoms with E-state index in [2.05, 4.69) is 55.3 Å². The van der Waals surface area contributed by atoms with Gasteiger partial charge in [-0.05, 0) is 63.4 Å². The highest BCUT2D eigenvalue weighted by Crippen LogP contribution is 2.76. The zero-order valence-electron chi connectivity index (χ0n) is 20.4. The second kappa shape index (κ2) is 6.54. The van der Waals surface area contributed by atoms with E-state index in [9.17, 15) is 10.2 Å². The molecule has 2 aliphatic heterocycles. The molecule has 1 saturated carbocycles. The Morgan fingerprint density at radius 2 is 1.94 bits per heavy atom. The Morgan fingerprint density at radius 1 is 1.15 bits per heavy atom. The number of ether oxygens (including phenoxy) is 1. The van der Waals surface area contributed by atoms with Crippen LogP contribution in [0.1, 0.15) is 42.0 Å². The van der Waals surface area contributed by atoms with Crippen LogP contribution in [0.2, 0.25) is 0 Å². The van der Waals surface area contributed by atoms with Crippen LogP contribution >= 0.6 is 0 Å². The first-order valence-electron chi connectivity index (χ1n) is 12.9. The summed E-state index contributed by atoms with van der Waals surface area (Å²) in [5, 5.41) is 23.3. The molecule has 0 amide bonds. The first-order valence-corrected chi connectivity index (χ1v) is 12.9. The number of aliphatic hydroxyl groups excluding tert-OH is 1. The quantitative estimate of drug-likeness (QED) is 0.686. The third kappa shape index (κ3) is 2.22. The van der Waals surface area contributed by atoms with Crippen LogP contribution in [0.15, 0.2) is 54.6 Å². The van der Waals surface area contributed by atoms with E-state index in [1.807, 2.05) is 25.1 Å². The van der Waals surface area contributed by atoms with Gasteiger partial charge in [0, 0.05) is 34.8 Å². The SMILES string of the molecule is Cc1ccc2c3c1O[C@H]1[C@@]4(CO)C=C[C@@]5(C[C@@H]4[C@](C)(O)Cc4ccccc4)[C@@H](C2)N(C)CC[C@]315. The average molecular weight is 458 g/mol. The van der Waals surface area contributed by atoms with Crippen molar-refractivity contribution in [2.24, 2.45) is 16.7 Å². The van der Waals surface area contributed by atoms with Gasteiger partial charge in [-0.15, -0.1) is 0 Å². The Kier molecular flexibility index (Phi) is 4.07. The highest BCUT2D eigenvalue weighted by molar-refractivity contribution is 5.63. The van der Waals surface area contributed by atoms with Crippen LogP contribution in [-0.2, 0) is 18.3 Å². The molecular formula is C30H35NO3. The Hall–Kier alpha value is -2.14. The molecule has 4 heteroatoms. The van der Waals surface area contributed by atoms with Gasteiger partial charge in [0.15, 0.2) is 0 Å². The van der Waals surface area contributed by atoms with E-state index in [4.69, 9.17) is 4.74 Å². The fourth-order valence-corrected chi connectivity index (χ4v) is 9.21. The van der Waals surface area contributed by atoms with Gasteiger partial charge in [0.1, 0.15) is 11.9 Å². The van der Waals surface area contributed by atoms with Crippen molar-refractivity contribution in [2.75, 3.05) is 20.2 Å². The normalized spacial score (nSPS) is 40.6. The molecule has 34 heavy (non-hydrogen) atoms. The van der Waals surface area contributed by atoms with E-state index < -0.39 is 11.0 Å². The summed E-state index contributed by atoms with van der Waals surface area (Å²) >= 11 is 0. The number of fused-ring (bicyclic) bond motifs is 1. The molecule has 4 bridgehead atoms. The molecule has 0 aromatic heterocycles. The molecule has 0 radical (unpaired) electrons. The van der Waals surface area contributed by atoms with E-state index >= 15 is 0 Å². The molecule has 178 valence electrons. The van der Waals surface area contributed by atoms with Crippen LogP contribution in [0.5, 0.6) is 5.75 Å². The lowest BCUT2D eigenvalue weighted by Crippen LogP contribution is -2.78. The largest absolute Gasteiger partial charge is 0.488 e. The Morgan fingerprint density at radius 3 is 2.71 bits per heavy atom. The topological polar surface area (TPSA) is 52.9 Å². The van der Waals surface area contributed by atoms with Gasteiger partial charge in [-0.1, -0.05) is 54.6 Å². The highest BCUT2D eigenvalue weighted by atomic mass is 16.5. The first-order chi connectivity index (χ1) is 16.3. The van der Waals surface area contributed by atoms with Crippen LogP contribution in [-0.4, -0.2) is 53.1 Å². The summed E-state index contributed by atoms with van der Waals surface area (Å²) in [6.07, 6.45) is 8.07. The summed E-state index contributed by atoms with van der Waals surface area (Å²) in [5.74, 6) is 0.957. The van der Waals surface area contributed by atoms with E-state index in [0.29, 0.717) is 12.5 Å². The summed E-state index contributed by atoms with van der Waals surface area (Å²) in [5.41, 5.74) is 3.36. The van der Waals surface area contributed by atoms with E-state index in [-0.39, 0.29) is 29.5 Å². The number of rotatable bonds is 4. The van der Waals surface area contributed by atoms with Crippen LogP contribution in [0, 0.1) is 23.7 Å². The van der Waals surface area contributed by atoms with Crippen LogP contribution in [0.25, 0.3) is 0 Å². The molecule has 1 saturated heterocycles. The van der Waals surface area contributed by atoms with Crippen molar-refractivity contribution < 1.29 is 14.9 Å². The minimum absolute atomic E-state index is 0.00945. The predicted octanol–water partition coefficient (Wildman–Crippen LogP) is 3.80. The predicted molar refractivity (Wildman–Crippen MR) is 132 cm³/mol. The number of likely N-dealkylation sites (tertiary alicyclic amines) is 1. The summed E-state index contributed by atoms with van der Waals surface area (Å²) in [6, 6.07) is 15.2. The molecule has 2 N–H and O–H groups in total. The van der Waals surface area contributed by atoms with E-state index in [1.54, 1.807) is 0 Å². The van der Waals surface area contributed by atoms with E-state index in [0.717, 1.165) is 37.1 Å². The maximum absolute atomic E-state index is 12.1. The van der Waals surface area contributed by atoms with Crippen molar-refractivity contribution in [1.82, 2.24) is 4.90 Å². The van der Waals surface area contributed by atoms with Crippen molar-refractivity contribution in [3.8, 4) is 5.75 Å². The lowest BCUT2D eigenvalue weighted by molar-refractivity contribution is -0.217. The molecule has 0 unspecified atom stereocenters. The van der Waals surface area contributed by atoms with Gasteiger partial charge in [-0.2, -0.15) is 0 Å². The number of aryl methyl sites for hydroxylation is 1. The molecule has 7 atom stereocenters. The van der Waals surface area contributed by atoms with Crippen molar-refractivity contribution >= 4 is 0 Å². The van der Waals surface area contributed by atoms with Gasteiger partial charge < -0.3 is 19.8 Å². The molecule has 6 aliphatic rings. The fourth-order valence-electron chi connectivity index (χ4n) is 9.21. The maximum Gasteiger partial charge on any atom is 0.126 e. The number of aliphatic hydroxyl groups is 2. The number of hydrogen-bond donors (Lipinski definition) is 2. The molecule has 2 heterocycles. The van der Waals surface area contributed by atoms with Crippen molar-refractivity contribution in [3.05, 3.63) is 76.9 Å². The van der Waals surface area contributed by atoms with Crippen LogP contribution < -0.4 is 4.74 Å². The zero-order valence-corrected chi connectivity index (χ0v) is 20.4. The number of benzene rings is 2. The average Bonchev–Trinajstić information content (AvgIpc) is 3.21. The summed E-state index contributed by atoms with van der Waals surface area (Å²) in [4.78, 5) is 2.55. The second-order valence-corrected chi connectivity index (χ2v) is 12.1. The molecule has 2 aromatic carbocycles. The second-order valence-electron chi connectivity index (χ2n) is 12.1. The lowest BCUT2D eigenvalue weighted by Gasteiger charge is -2.72. The fraction of sp³-hybridized carbons (Fsp3) is 0.533. The molecule has 2 aromatic rings. The number of piperidine rings is 1. The van der Waals surface area contributed by atoms with Crippen molar-refractivity contribution in [2.45, 2.75) is 62.7 Å². The molecular weight excluding hydrogens is 422 g/mol. The molecule has 2 spiro atoms. The Balaban J connectivity index is 1.45. The number of likely N-dealkylation sites (N-methyl/N-ethyl adjacent to an activating group) is 1.